The zero-order valence-electron chi connectivity index (χ0n) is 20.3. The van der Waals surface area contributed by atoms with Crippen molar-refractivity contribution in [2.75, 3.05) is 32.1 Å². The van der Waals surface area contributed by atoms with Gasteiger partial charge in [0.05, 0.1) is 0 Å². The molecule has 11 nitrogen and oxygen atoms in total. The molecular weight excluding hydrogens is 476 g/mol. The fraction of sp³-hybridized carbons (Fsp3) is 0.385. The van der Waals surface area contributed by atoms with Crippen LogP contribution in [0.4, 0.5) is 10.5 Å². The van der Waals surface area contributed by atoms with Gasteiger partial charge in [0.15, 0.2) is 5.84 Å². The Bertz CT molecular complexity index is 1350. The number of anilines is 1. The van der Waals surface area contributed by atoms with Gasteiger partial charge in [0.2, 0.25) is 5.91 Å². The highest BCUT2D eigenvalue weighted by Crippen LogP contribution is 2.38. The molecule has 1 aliphatic carbocycles. The summed E-state index contributed by atoms with van der Waals surface area (Å²) < 4.78 is 5.45. The first-order valence-corrected chi connectivity index (χ1v) is 12.2. The number of urea groups is 1. The Morgan fingerprint density at radius 2 is 1.89 bits per heavy atom. The van der Waals surface area contributed by atoms with Crippen molar-refractivity contribution in [2.45, 2.75) is 36.8 Å². The molecule has 5 amide bonds. The number of carbonyl (C=O) groups is 4. The summed E-state index contributed by atoms with van der Waals surface area (Å²) in [6.07, 6.45) is 3.33. The molecule has 2 N–H and O–H groups in total. The topological polar surface area (TPSA) is 133 Å². The van der Waals surface area contributed by atoms with E-state index >= 15 is 0 Å². The third kappa shape index (κ3) is 3.69. The molecule has 2 aromatic rings. The van der Waals surface area contributed by atoms with E-state index in [1.54, 1.807) is 31.4 Å². The van der Waals surface area contributed by atoms with Gasteiger partial charge in [-0.1, -0.05) is 12.1 Å². The number of hydrogen-bond acceptors (Lipinski definition) is 7. The van der Waals surface area contributed by atoms with Crippen LogP contribution in [-0.4, -0.2) is 82.3 Å². The predicted octanol–water partition coefficient (Wildman–Crippen LogP) is 0.877. The fourth-order valence-electron chi connectivity index (χ4n) is 5.65. The number of hydrogen-bond donors (Lipinski definition) is 2. The van der Waals surface area contributed by atoms with Crippen molar-refractivity contribution in [3.8, 4) is 0 Å². The highest BCUT2D eigenvalue weighted by atomic mass is 16.5. The summed E-state index contributed by atoms with van der Waals surface area (Å²) in [6.45, 7) is 0.651. The van der Waals surface area contributed by atoms with Crippen molar-refractivity contribution < 1.29 is 23.9 Å². The number of ether oxygens (including phenoxy) is 1. The van der Waals surface area contributed by atoms with Gasteiger partial charge in [-0.15, -0.1) is 0 Å². The van der Waals surface area contributed by atoms with E-state index in [-0.39, 0.29) is 24.3 Å². The van der Waals surface area contributed by atoms with E-state index in [4.69, 9.17) is 9.73 Å². The van der Waals surface area contributed by atoms with Crippen LogP contribution in [0.5, 0.6) is 0 Å². The molecule has 0 radical (unpaired) electrons. The van der Waals surface area contributed by atoms with Crippen molar-refractivity contribution in [1.29, 1.82) is 0 Å². The fourth-order valence-corrected chi connectivity index (χ4v) is 5.65. The summed E-state index contributed by atoms with van der Waals surface area (Å²) >= 11 is 0. The molecular formula is C26H26N6O5. The summed E-state index contributed by atoms with van der Waals surface area (Å²) in [5.74, 6) is -0.515. The number of aliphatic imine (C=N–C) groups is 1. The SMILES string of the molecule is CN1C(=O)NC(=O)[C@@]12Cc1ccc(NC(=O)CN3C(=O)C4(CCOCC4)N=C3c3ccccn3)cc1C2. The summed E-state index contributed by atoms with van der Waals surface area (Å²) in [7, 11) is 1.62. The Labute approximate surface area is 212 Å². The Hall–Kier alpha value is -4.12. The molecule has 37 heavy (non-hydrogen) atoms. The van der Waals surface area contributed by atoms with Crippen LogP contribution in [0, 0.1) is 0 Å². The monoisotopic (exact) mass is 502 g/mol. The third-order valence-corrected chi connectivity index (χ3v) is 7.78. The number of fused-ring (bicyclic) bond motifs is 1. The zero-order valence-corrected chi connectivity index (χ0v) is 20.3. The quantitative estimate of drug-likeness (QED) is 0.597. The van der Waals surface area contributed by atoms with Crippen LogP contribution in [0.15, 0.2) is 47.6 Å². The second kappa shape index (κ2) is 8.48. The first-order valence-electron chi connectivity index (χ1n) is 12.2. The van der Waals surface area contributed by atoms with Crippen LogP contribution < -0.4 is 10.6 Å². The number of nitrogens with zero attached hydrogens (tertiary/aromatic N) is 4. The molecule has 1 aromatic carbocycles. The maximum Gasteiger partial charge on any atom is 0.324 e. The van der Waals surface area contributed by atoms with Gasteiger partial charge in [-0.3, -0.25) is 29.6 Å². The van der Waals surface area contributed by atoms with Gasteiger partial charge in [-0.25, -0.2) is 9.79 Å². The molecule has 3 aliphatic heterocycles. The highest BCUT2D eigenvalue weighted by Gasteiger charge is 2.54. The number of rotatable bonds is 4. The maximum atomic E-state index is 13.5. The predicted molar refractivity (Wildman–Crippen MR) is 132 cm³/mol. The Kier molecular flexibility index (Phi) is 5.34. The molecule has 1 atom stereocenters. The average molecular weight is 503 g/mol. The lowest BCUT2D eigenvalue weighted by atomic mass is 9.90. The Morgan fingerprint density at radius 1 is 1.11 bits per heavy atom. The lowest BCUT2D eigenvalue weighted by Gasteiger charge is -2.29. The number of nitrogens with one attached hydrogen (secondary N) is 2. The summed E-state index contributed by atoms with van der Waals surface area (Å²) in [5.41, 5.74) is 1.06. The van der Waals surface area contributed by atoms with Gasteiger partial charge >= 0.3 is 6.03 Å². The minimum Gasteiger partial charge on any atom is -0.381 e. The Balaban J connectivity index is 1.20. The van der Waals surface area contributed by atoms with Crippen molar-refractivity contribution in [3.63, 3.8) is 0 Å². The number of likely N-dealkylation sites (N-methyl/N-ethyl adjacent to an activating group) is 1. The number of amides is 5. The Morgan fingerprint density at radius 3 is 2.59 bits per heavy atom. The van der Waals surface area contributed by atoms with Crippen LogP contribution in [-0.2, 0) is 32.0 Å². The number of amidine groups is 1. The van der Waals surface area contributed by atoms with Gasteiger partial charge in [-0.2, -0.15) is 0 Å². The molecule has 4 aliphatic rings. The number of imide groups is 1. The van der Waals surface area contributed by atoms with E-state index in [1.165, 1.54) is 9.80 Å². The van der Waals surface area contributed by atoms with Crippen LogP contribution in [0.3, 0.4) is 0 Å². The molecule has 0 unspecified atom stereocenters. The number of aromatic nitrogens is 1. The molecule has 2 saturated heterocycles. The maximum absolute atomic E-state index is 13.5. The lowest BCUT2D eigenvalue weighted by Crippen LogP contribution is -2.48. The second-order valence-corrected chi connectivity index (χ2v) is 9.92. The standard InChI is InChI=1S/C26H26N6O5/c1-31-24(36)29-22(34)26(31)13-16-5-6-18(12-17(16)14-26)28-20(33)15-32-21(19-4-2-3-9-27-19)30-25(23(32)35)7-10-37-11-8-25/h2-6,9,12H,7-8,10-11,13-15H2,1H3,(H,28,33)(H,29,34,36)/t26-/m0/s1. The van der Waals surface area contributed by atoms with Crippen LogP contribution in [0.25, 0.3) is 0 Å². The van der Waals surface area contributed by atoms with E-state index in [9.17, 15) is 19.2 Å². The molecule has 4 heterocycles. The minimum absolute atomic E-state index is 0.211. The van der Waals surface area contributed by atoms with Crippen molar-refractivity contribution >= 4 is 35.3 Å². The van der Waals surface area contributed by atoms with Gasteiger partial charge in [0.25, 0.3) is 11.8 Å². The van der Waals surface area contributed by atoms with Crippen molar-refractivity contribution in [3.05, 3.63) is 59.4 Å². The zero-order chi connectivity index (χ0) is 25.8. The van der Waals surface area contributed by atoms with E-state index in [1.807, 2.05) is 18.2 Å². The second-order valence-electron chi connectivity index (χ2n) is 9.92. The van der Waals surface area contributed by atoms with Crippen molar-refractivity contribution in [2.24, 2.45) is 4.99 Å². The third-order valence-electron chi connectivity index (χ3n) is 7.78. The van der Waals surface area contributed by atoms with E-state index in [0.29, 0.717) is 56.1 Å². The molecule has 1 aromatic heterocycles. The number of benzene rings is 1. The first-order chi connectivity index (χ1) is 17.8. The van der Waals surface area contributed by atoms with Gasteiger partial charge in [-0.05, 0) is 35.4 Å². The van der Waals surface area contributed by atoms with Crippen LogP contribution in [0.1, 0.15) is 29.7 Å². The summed E-state index contributed by atoms with van der Waals surface area (Å²) in [6, 6.07) is 10.4. The molecule has 0 bridgehead atoms. The van der Waals surface area contributed by atoms with E-state index < -0.39 is 17.1 Å². The van der Waals surface area contributed by atoms with Gasteiger partial charge in [0.1, 0.15) is 23.3 Å². The van der Waals surface area contributed by atoms with Crippen LogP contribution in [0.2, 0.25) is 0 Å². The van der Waals surface area contributed by atoms with E-state index in [0.717, 1.165) is 11.1 Å². The molecule has 190 valence electrons. The first kappa shape index (κ1) is 23.3. The summed E-state index contributed by atoms with van der Waals surface area (Å²) in [5, 5.41) is 5.26. The summed E-state index contributed by atoms with van der Waals surface area (Å²) in [4.78, 5) is 63.2. The molecule has 11 heteroatoms. The van der Waals surface area contributed by atoms with Gasteiger partial charge in [0, 0.05) is 57.8 Å². The lowest BCUT2D eigenvalue weighted by molar-refractivity contribution is -0.136. The minimum atomic E-state index is -0.934. The smallest absolute Gasteiger partial charge is 0.324 e. The molecule has 2 spiro atoms. The molecule has 0 saturated carbocycles. The highest BCUT2D eigenvalue weighted by molar-refractivity contribution is 6.16. The molecule has 6 rings (SSSR count). The van der Waals surface area contributed by atoms with Crippen molar-refractivity contribution in [1.82, 2.24) is 20.1 Å². The average Bonchev–Trinajstić information content (AvgIpc) is 3.48. The van der Waals surface area contributed by atoms with E-state index in [2.05, 4.69) is 15.6 Å². The number of carbonyl (C=O) groups excluding carboxylic acids is 4. The molecule has 2 fully saturated rings. The normalized spacial score (nSPS) is 24.0. The van der Waals surface area contributed by atoms with Gasteiger partial charge < -0.3 is 15.0 Å². The van der Waals surface area contributed by atoms with Crippen LogP contribution >= 0.6 is 0 Å². The number of pyridine rings is 1. The largest absolute Gasteiger partial charge is 0.381 e.